The Morgan fingerprint density at radius 2 is 1.76 bits per heavy atom. The van der Waals surface area contributed by atoms with Crippen molar-refractivity contribution in [3.8, 4) is 0 Å². The maximum Gasteiger partial charge on any atom is 0.191 e. The summed E-state index contributed by atoms with van der Waals surface area (Å²) < 4.78 is 0. The predicted molar refractivity (Wildman–Crippen MR) is 73.0 cm³/mol. The lowest BCUT2D eigenvalue weighted by molar-refractivity contribution is 0.365. The fraction of sp³-hybridized carbons (Fsp3) is 0.929. The molecular weight excluding hydrogens is 210 g/mol. The highest BCUT2D eigenvalue weighted by atomic mass is 15.2. The maximum absolute atomic E-state index is 6.13. The van der Waals surface area contributed by atoms with Gasteiger partial charge in [-0.1, -0.05) is 26.7 Å². The summed E-state index contributed by atoms with van der Waals surface area (Å²) in [5.74, 6) is 1.53. The monoisotopic (exact) mass is 237 g/mol. The highest BCUT2D eigenvalue weighted by Gasteiger charge is 2.45. The molecule has 0 atom stereocenters. The molecule has 2 aliphatic rings. The topological polar surface area (TPSA) is 41.6 Å². The molecule has 0 aromatic carbocycles. The van der Waals surface area contributed by atoms with Gasteiger partial charge in [0.15, 0.2) is 5.96 Å². The Labute approximate surface area is 105 Å². The molecule has 98 valence electrons. The molecule has 0 bridgehead atoms. The van der Waals surface area contributed by atoms with Gasteiger partial charge in [-0.25, -0.2) is 0 Å². The SMILES string of the molecule is CC(C)C1(CN=C(N)N2CCCCCC2)CC1. The molecule has 2 fully saturated rings. The molecule has 0 aromatic heterocycles. The first-order chi connectivity index (χ1) is 8.14. The van der Waals surface area contributed by atoms with Crippen LogP contribution in [0.2, 0.25) is 0 Å². The second-order valence-electron chi connectivity index (χ2n) is 6.09. The Hall–Kier alpha value is -0.730. The van der Waals surface area contributed by atoms with Crippen molar-refractivity contribution in [2.75, 3.05) is 19.6 Å². The van der Waals surface area contributed by atoms with Crippen LogP contribution in [0.4, 0.5) is 0 Å². The van der Waals surface area contributed by atoms with Gasteiger partial charge in [-0.15, -0.1) is 0 Å². The van der Waals surface area contributed by atoms with Gasteiger partial charge in [-0.05, 0) is 37.0 Å². The molecule has 3 nitrogen and oxygen atoms in total. The zero-order chi connectivity index (χ0) is 12.3. The Bertz CT molecular complexity index is 271. The van der Waals surface area contributed by atoms with Crippen LogP contribution in [0, 0.1) is 11.3 Å². The van der Waals surface area contributed by atoms with Crippen LogP contribution in [-0.4, -0.2) is 30.5 Å². The van der Waals surface area contributed by atoms with E-state index in [1.807, 2.05) is 0 Å². The van der Waals surface area contributed by atoms with Crippen molar-refractivity contribution >= 4 is 5.96 Å². The number of hydrogen-bond donors (Lipinski definition) is 1. The number of hydrogen-bond acceptors (Lipinski definition) is 1. The molecule has 2 rings (SSSR count). The second kappa shape index (κ2) is 5.28. The Balaban J connectivity index is 1.87. The van der Waals surface area contributed by atoms with Crippen molar-refractivity contribution in [1.82, 2.24) is 4.90 Å². The molecule has 0 spiro atoms. The van der Waals surface area contributed by atoms with Gasteiger partial charge in [0.05, 0.1) is 0 Å². The summed E-state index contributed by atoms with van der Waals surface area (Å²) in [6.45, 7) is 7.76. The maximum atomic E-state index is 6.13. The summed E-state index contributed by atoms with van der Waals surface area (Å²) in [5.41, 5.74) is 6.61. The van der Waals surface area contributed by atoms with Crippen LogP contribution in [0.1, 0.15) is 52.4 Å². The van der Waals surface area contributed by atoms with E-state index in [-0.39, 0.29) is 0 Å². The minimum atomic E-state index is 0.483. The Morgan fingerprint density at radius 1 is 1.18 bits per heavy atom. The predicted octanol–water partition coefficient (Wildman–Crippen LogP) is 2.61. The molecule has 0 unspecified atom stereocenters. The van der Waals surface area contributed by atoms with Gasteiger partial charge in [0.25, 0.3) is 0 Å². The van der Waals surface area contributed by atoms with Crippen LogP contribution < -0.4 is 5.73 Å². The third-order valence-electron chi connectivity index (χ3n) is 4.60. The Morgan fingerprint density at radius 3 is 2.24 bits per heavy atom. The summed E-state index contributed by atoms with van der Waals surface area (Å²) >= 11 is 0. The third kappa shape index (κ3) is 3.14. The van der Waals surface area contributed by atoms with Crippen LogP contribution in [0.3, 0.4) is 0 Å². The Kier molecular flexibility index (Phi) is 3.95. The van der Waals surface area contributed by atoms with E-state index in [9.17, 15) is 0 Å². The van der Waals surface area contributed by atoms with E-state index in [2.05, 4.69) is 23.7 Å². The lowest BCUT2D eigenvalue weighted by atomic mass is 9.93. The molecule has 0 aromatic rings. The van der Waals surface area contributed by atoms with Gasteiger partial charge in [0.1, 0.15) is 0 Å². The zero-order valence-corrected chi connectivity index (χ0v) is 11.4. The number of nitrogens with zero attached hydrogens (tertiary/aromatic N) is 2. The summed E-state index contributed by atoms with van der Waals surface area (Å²) in [7, 11) is 0. The minimum Gasteiger partial charge on any atom is -0.370 e. The van der Waals surface area contributed by atoms with E-state index >= 15 is 0 Å². The van der Waals surface area contributed by atoms with Gasteiger partial charge in [-0.2, -0.15) is 0 Å². The van der Waals surface area contributed by atoms with Crippen LogP contribution in [0.25, 0.3) is 0 Å². The average Bonchev–Trinajstić information content (AvgIpc) is 3.11. The molecule has 1 aliphatic heterocycles. The quantitative estimate of drug-likeness (QED) is 0.605. The van der Waals surface area contributed by atoms with Crippen LogP contribution in [-0.2, 0) is 0 Å². The molecule has 0 amide bonds. The third-order valence-corrected chi connectivity index (χ3v) is 4.60. The molecule has 2 N–H and O–H groups in total. The van der Waals surface area contributed by atoms with Gasteiger partial charge in [0, 0.05) is 19.6 Å². The first-order valence-electron chi connectivity index (χ1n) is 7.19. The second-order valence-corrected chi connectivity index (χ2v) is 6.09. The molecular formula is C14H27N3. The summed E-state index contributed by atoms with van der Waals surface area (Å²) in [5, 5.41) is 0. The van der Waals surface area contributed by atoms with Crippen LogP contribution in [0.5, 0.6) is 0 Å². The van der Waals surface area contributed by atoms with E-state index in [4.69, 9.17) is 5.73 Å². The molecule has 1 saturated carbocycles. The zero-order valence-electron chi connectivity index (χ0n) is 11.4. The standard InChI is InChI=1S/C14H27N3/c1-12(2)14(7-8-14)11-16-13(15)17-9-5-3-4-6-10-17/h12H,3-11H2,1-2H3,(H2,15,16). The number of nitrogens with two attached hydrogens (primary N) is 1. The molecule has 1 aliphatic carbocycles. The number of guanidine groups is 1. The van der Waals surface area contributed by atoms with Crippen LogP contribution in [0.15, 0.2) is 4.99 Å². The fourth-order valence-electron chi connectivity index (χ4n) is 2.72. The number of rotatable bonds is 3. The van der Waals surface area contributed by atoms with Gasteiger partial charge in [0.2, 0.25) is 0 Å². The molecule has 1 saturated heterocycles. The summed E-state index contributed by atoms with van der Waals surface area (Å²) in [6.07, 6.45) is 7.90. The van der Waals surface area contributed by atoms with Crippen molar-refractivity contribution in [3.05, 3.63) is 0 Å². The number of likely N-dealkylation sites (tertiary alicyclic amines) is 1. The van der Waals surface area contributed by atoms with E-state index in [0.29, 0.717) is 5.41 Å². The first-order valence-corrected chi connectivity index (χ1v) is 7.19. The van der Waals surface area contributed by atoms with E-state index < -0.39 is 0 Å². The van der Waals surface area contributed by atoms with Crippen molar-refractivity contribution in [1.29, 1.82) is 0 Å². The molecule has 0 radical (unpaired) electrons. The minimum absolute atomic E-state index is 0.483. The first kappa shape index (κ1) is 12.7. The highest BCUT2D eigenvalue weighted by molar-refractivity contribution is 5.78. The smallest absolute Gasteiger partial charge is 0.191 e. The van der Waals surface area contributed by atoms with Crippen molar-refractivity contribution in [3.63, 3.8) is 0 Å². The largest absolute Gasteiger partial charge is 0.370 e. The molecule has 3 heteroatoms. The highest BCUT2D eigenvalue weighted by Crippen LogP contribution is 2.51. The fourth-order valence-corrected chi connectivity index (χ4v) is 2.72. The summed E-state index contributed by atoms with van der Waals surface area (Å²) in [6, 6.07) is 0. The average molecular weight is 237 g/mol. The molecule has 17 heavy (non-hydrogen) atoms. The van der Waals surface area contributed by atoms with Gasteiger partial charge >= 0.3 is 0 Å². The van der Waals surface area contributed by atoms with E-state index in [1.165, 1.54) is 38.5 Å². The van der Waals surface area contributed by atoms with Crippen molar-refractivity contribution in [2.24, 2.45) is 22.1 Å². The van der Waals surface area contributed by atoms with Crippen LogP contribution >= 0.6 is 0 Å². The molecule has 1 heterocycles. The normalized spacial score (nSPS) is 24.9. The lowest BCUT2D eigenvalue weighted by Gasteiger charge is -2.23. The van der Waals surface area contributed by atoms with Crippen molar-refractivity contribution < 1.29 is 0 Å². The van der Waals surface area contributed by atoms with Gasteiger partial charge < -0.3 is 10.6 Å². The number of aliphatic imine (C=N–C) groups is 1. The van der Waals surface area contributed by atoms with E-state index in [1.54, 1.807) is 0 Å². The lowest BCUT2D eigenvalue weighted by Crippen LogP contribution is -2.38. The van der Waals surface area contributed by atoms with Gasteiger partial charge in [-0.3, -0.25) is 4.99 Å². The van der Waals surface area contributed by atoms with E-state index in [0.717, 1.165) is 31.5 Å². The summed E-state index contributed by atoms with van der Waals surface area (Å²) in [4.78, 5) is 6.95. The van der Waals surface area contributed by atoms with Crippen molar-refractivity contribution in [2.45, 2.75) is 52.4 Å².